The highest BCUT2D eigenvalue weighted by Crippen LogP contribution is 2.26. The van der Waals surface area contributed by atoms with E-state index < -0.39 is 6.09 Å². The van der Waals surface area contributed by atoms with Crippen LogP contribution in [0.5, 0.6) is 0 Å². The first-order valence-corrected chi connectivity index (χ1v) is 9.47. The number of nitrogens with zero attached hydrogens (tertiary/aromatic N) is 4. The highest BCUT2D eigenvalue weighted by Gasteiger charge is 2.14. The van der Waals surface area contributed by atoms with Gasteiger partial charge in [0.2, 0.25) is 0 Å². The Kier molecular flexibility index (Phi) is 7.30. The van der Waals surface area contributed by atoms with Crippen LogP contribution in [0.15, 0.2) is 11.4 Å². The number of aromatic nitrogens is 4. The Bertz CT molecular complexity index is 703. The van der Waals surface area contributed by atoms with Gasteiger partial charge in [0, 0.05) is 18.3 Å². The molecule has 2 heterocycles. The first-order chi connectivity index (χ1) is 12.0. The van der Waals surface area contributed by atoms with Crippen LogP contribution in [0.1, 0.15) is 34.1 Å². The molecular formula is C16H26N6O2S. The number of nitrogens with one attached hydrogen (secondary N) is 2. The molecule has 0 aliphatic carbocycles. The van der Waals surface area contributed by atoms with E-state index in [1.807, 2.05) is 0 Å². The number of fused-ring (bicyclic) bond motifs is 1. The molecule has 0 spiro atoms. The number of ether oxygens (including phenoxy) is 1. The van der Waals surface area contributed by atoms with Crippen LogP contribution in [-0.2, 0) is 11.3 Å². The Morgan fingerprint density at radius 1 is 1.32 bits per heavy atom. The van der Waals surface area contributed by atoms with Gasteiger partial charge in [-0.3, -0.25) is 0 Å². The molecule has 0 aliphatic rings. The zero-order chi connectivity index (χ0) is 18.2. The predicted molar refractivity (Wildman–Crippen MR) is 100 cm³/mol. The number of hydrogen-bond acceptors (Lipinski definition) is 7. The van der Waals surface area contributed by atoms with Crippen molar-refractivity contribution in [3.63, 3.8) is 0 Å². The van der Waals surface area contributed by atoms with Gasteiger partial charge in [-0.2, -0.15) is 5.10 Å². The average Bonchev–Trinajstić information content (AvgIpc) is 2.95. The van der Waals surface area contributed by atoms with Gasteiger partial charge in [0.05, 0.1) is 24.7 Å². The number of anilines is 1. The molecule has 0 aliphatic heterocycles. The second-order valence-corrected chi connectivity index (χ2v) is 7.24. The van der Waals surface area contributed by atoms with Crippen LogP contribution in [-0.4, -0.2) is 50.8 Å². The van der Waals surface area contributed by atoms with Gasteiger partial charge in [-0.25, -0.2) is 19.4 Å². The van der Waals surface area contributed by atoms with Crippen molar-refractivity contribution in [3.05, 3.63) is 6.20 Å². The van der Waals surface area contributed by atoms with Crippen LogP contribution in [0.4, 0.5) is 10.6 Å². The molecule has 138 valence electrons. The van der Waals surface area contributed by atoms with E-state index in [1.54, 1.807) is 29.6 Å². The Balaban J connectivity index is 2.21. The molecule has 1 amide bonds. The quantitative estimate of drug-likeness (QED) is 0.520. The number of carbonyl (C=O) groups excluding carboxylic acids is 1. The molecule has 25 heavy (non-hydrogen) atoms. The summed E-state index contributed by atoms with van der Waals surface area (Å²) in [6.07, 6.45) is 2.35. The first kappa shape index (κ1) is 19.3. The standard InChI is InChI=1S/C16H26N6O2S/c1-5-7-17-13-12-10-19-22(9-8-18-16(23)24-6-2)14(12)21-15(20-13)25-11(3)4/h10-11H,5-9H2,1-4H3,(H,18,23)(H,17,20,21). The highest BCUT2D eigenvalue weighted by molar-refractivity contribution is 7.99. The summed E-state index contributed by atoms with van der Waals surface area (Å²) in [6.45, 7) is 10.2. The monoisotopic (exact) mass is 366 g/mol. The van der Waals surface area contributed by atoms with E-state index in [0.717, 1.165) is 35.0 Å². The van der Waals surface area contributed by atoms with Gasteiger partial charge < -0.3 is 15.4 Å². The third-order valence-electron chi connectivity index (χ3n) is 3.23. The number of carbonyl (C=O) groups is 1. The molecule has 2 aromatic heterocycles. The van der Waals surface area contributed by atoms with Crippen LogP contribution in [0.3, 0.4) is 0 Å². The number of alkyl carbamates (subject to hydrolysis) is 1. The van der Waals surface area contributed by atoms with Crippen molar-refractivity contribution >= 4 is 34.7 Å². The van der Waals surface area contributed by atoms with Crippen molar-refractivity contribution in [3.8, 4) is 0 Å². The molecule has 9 heteroatoms. The van der Waals surface area contributed by atoms with Crippen LogP contribution in [0.25, 0.3) is 11.0 Å². The molecule has 0 saturated carbocycles. The third kappa shape index (κ3) is 5.48. The summed E-state index contributed by atoms with van der Waals surface area (Å²) in [5.41, 5.74) is 0.766. The van der Waals surface area contributed by atoms with Gasteiger partial charge in [-0.15, -0.1) is 0 Å². The third-order valence-corrected chi connectivity index (χ3v) is 4.09. The molecular weight excluding hydrogens is 340 g/mol. The maximum atomic E-state index is 11.4. The van der Waals surface area contributed by atoms with E-state index in [-0.39, 0.29) is 0 Å². The first-order valence-electron chi connectivity index (χ1n) is 8.59. The fourth-order valence-corrected chi connectivity index (χ4v) is 2.89. The zero-order valence-electron chi connectivity index (χ0n) is 15.2. The van der Waals surface area contributed by atoms with Crippen LogP contribution < -0.4 is 10.6 Å². The lowest BCUT2D eigenvalue weighted by atomic mass is 10.3. The average molecular weight is 366 g/mol. The van der Waals surface area contributed by atoms with Gasteiger partial charge in [-0.05, 0) is 13.3 Å². The summed E-state index contributed by atoms with van der Waals surface area (Å²) in [5.74, 6) is 0.805. The van der Waals surface area contributed by atoms with Gasteiger partial charge in [0.1, 0.15) is 5.82 Å². The lowest BCUT2D eigenvalue weighted by Crippen LogP contribution is -2.28. The maximum Gasteiger partial charge on any atom is 0.407 e. The Morgan fingerprint density at radius 2 is 2.12 bits per heavy atom. The van der Waals surface area contributed by atoms with Crippen LogP contribution >= 0.6 is 11.8 Å². The molecule has 0 radical (unpaired) electrons. The normalized spacial score (nSPS) is 11.1. The van der Waals surface area contributed by atoms with Crippen molar-refractivity contribution in [2.75, 3.05) is 25.0 Å². The van der Waals surface area contributed by atoms with Gasteiger partial charge in [0.25, 0.3) is 0 Å². The lowest BCUT2D eigenvalue weighted by Gasteiger charge is -2.10. The molecule has 0 atom stereocenters. The van der Waals surface area contributed by atoms with Crippen molar-refractivity contribution in [1.82, 2.24) is 25.1 Å². The minimum absolute atomic E-state index is 0.353. The van der Waals surface area contributed by atoms with Crippen molar-refractivity contribution in [2.24, 2.45) is 0 Å². The summed E-state index contributed by atoms with van der Waals surface area (Å²) in [7, 11) is 0. The van der Waals surface area contributed by atoms with E-state index in [9.17, 15) is 4.79 Å². The van der Waals surface area contributed by atoms with Gasteiger partial charge in [0.15, 0.2) is 10.8 Å². The highest BCUT2D eigenvalue weighted by atomic mass is 32.2. The smallest absolute Gasteiger partial charge is 0.407 e. The predicted octanol–water partition coefficient (Wildman–Crippen LogP) is 2.89. The van der Waals surface area contributed by atoms with Crippen molar-refractivity contribution < 1.29 is 9.53 Å². The second-order valence-electron chi connectivity index (χ2n) is 5.70. The summed E-state index contributed by atoms with van der Waals surface area (Å²) in [5, 5.41) is 12.4. The second kappa shape index (κ2) is 9.45. The minimum Gasteiger partial charge on any atom is -0.450 e. The largest absolute Gasteiger partial charge is 0.450 e. The SMILES string of the molecule is CCCNc1nc(SC(C)C)nc2c1cnn2CCNC(=O)OCC. The van der Waals surface area contributed by atoms with Gasteiger partial charge >= 0.3 is 6.09 Å². The van der Waals surface area contributed by atoms with E-state index in [1.165, 1.54) is 0 Å². The topological polar surface area (TPSA) is 94.0 Å². The Labute approximate surface area is 152 Å². The van der Waals surface area contributed by atoms with Crippen molar-refractivity contribution in [1.29, 1.82) is 0 Å². The van der Waals surface area contributed by atoms with E-state index in [0.29, 0.717) is 24.9 Å². The number of hydrogen-bond donors (Lipinski definition) is 2. The fraction of sp³-hybridized carbons (Fsp3) is 0.625. The molecule has 8 nitrogen and oxygen atoms in total. The molecule has 2 rings (SSSR count). The van der Waals surface area contributed by atoms with E-state index in [4.69, 9.17) is 4.74 Å². The van der Waals surface area contributed by atoms with Crippen LogP contribution in [0, 0.1) is 0 Å². The lowest BCUT2D eigenvalue weighted by molar-refractivity contribution is 0.152. The molecule has 2 aromatic rings. The molecule has 0 saturated heterocycles. The van der Waals surface area contributed by atoms with E-state index >= 15 is 0 Å². The molecule has 0 unspecified atom stereocenters. The number of amides is 1. The number of rotatable bonds is 9. The zero-order valence-corrected chi connectivity index (χ0v) is 16.0. The maximum absolute atomic E-state index is 11.4. The van der Waals surface area contributed by atoms with Crippen molar-refractivity contribution in [2.45, 2.75) is 51.1 Å². The summed E-state index contributed by atoms with van der Waals surface area (Å²) < 4.78 is 6.64. The van der Waals surface area contributed by atoms with Crippen LogP contribution in [0.2, 0.25) is 0 Å². The van der Waals surface area contributed by atoms with E-state index in [2.05, 4.69) is 46.5 Å². The molecule has 0 fully saturated rings. The molecule has 0 aromatic carbocycles. The fourth-order valence-electron chi connectivity index (χ4n) is 2.19. The van der Waals surface area contributed by atoms with Gasteiger partial charge in [-0.1, -0.05) is 32.5 Å². The molecule has 2 N–H and O–H groups in total. The Morgan fingerprint density at radius 3 is 2.80 bits per heavy atom. The Hall–Kier alpha value is -2.03. The number of thioether (sulfide) groups is 1. The molecule has 0 bridgehead atoms. The summed E-state index contributed by atoms with van der Waals surface area (Å²) >= 11 is 1.62. The minimum atomic E-state index is -0.421. The summed E-state index contributed by atoms with van der Waals surface area (Å²) in [6, 6.07) is 0. The summed E-state index contributed by atoms with van der Waals surface area (Å²) in [4.78, 5) is 20.6.